The Labute approximate surface area is 103 Å². The molecule has 0 radical (unpaired) electrons. The molecule has 1 aliphatic carbocycles. The van der Waals surface area contributed by atoms with Crippen molar-refractivity contribution in [2.75, 3.05) is 13.1 Å². The molecular formula is C13H23N3O. The zero-order valence-electron chi connectivity index (χ0n) is 10.6. The highest BCUT2D eigenvalue weighted by molar-refractivity contribution is 4.86. The summed E-state index contributed by atoms with van der Waals surface area (Å²) < 4.78 is 2.04. The molecule has 1 aromatic heterocycles. The summed E-state index contributed by atoms with van der Waals surface area (Å²) in [4.78, 5) is 4.00. The van der Waals surface area contributed by atoms with Crippen molar-refractivity contribution in [1.29, 1.82) is 0 Å². The van der Waals surface area contributed by atoms with Gasteiger partial charge in [-0.15, -0.1) is 0 Å². The molecule has 0 aromatic carbocycles. The minimum Gasteiger partial charge on any atom is -0.389 e. The third kappa shape index (κ3) is 3.82. The zero-order chi connectivity index (χ0) is 12.1. The van der Waals surface area contributed by atoms with E-state index in [1.54, 1.807) is 6.20 Å². The molecule has 0 unspecified atom stereocenters. The SMILES string of the molecule is CC1CCC(O)(CNCCn2ccnc2)CC1. The normalized spacial score (nSPS) is 29.4. The van der Waals surface area contributed by atoms with Gasteiger partial charge in [0, 0.05) is 32.0 Å². The maximum Gasteiger partial charge on any atom is 0.0946 e. The fourth-order valence-corrected chi connectivity index (χ4v) is 2.42. The van der Waals surface area contributed by atoms with E-state index in [0.717, 1.165) is 44.7 Å². The van der Waals surface area contributed by atoms with Crippen LogP contribution in [0.2, 0.25) is 0 Å². The van der Waals surface area contributed by atoms with Gasteiger partial charge in [-0.25, -0.2) is 4.98 Å². The van der Waals surface area contributed by atoms with Crippen molar-refractivity contribution < 1.29 is 5.11 Å². The molecule has 17 heavy (non-hydrogen) atoms. The monoisotopic (exact) mass is 237 g/mol. The second-order valence-electron chi connectivity index (χ2n) is 5.38. The van der Waals surface area contributed by atoms with Crippen molar-refractivity contribution in [2.45, 2.75) is 44.8 Å². The van der Waals surface area contributed by atoms with Crippen molar-refractivity contribution in [3.8, 4) is 0 Å². The van der Waals surface area contributed by atoms with Gasteiger partial charge in [-0.3, -0.25) is 0 Å². The topological polar surface area (TPSA) is 50.1 Å². The first-order valence-electron chi connectivity index (χ1n) is 6.57. The highest BCUT2D eigenvalue weighted by atomic mass is 16.3. The quantitative estimate of drug-likeness (QED) is 0.761. The molecule has 0 aliphatic heterocycles. The Hall–Kier alpha value is -0.870. The van der Waals surface area contributed by atoms with Crippen LogP contribution in [-0.4, -0.2) is 33.3 Å². The van der Waals surface area contributed by atoms with Crippen LogP contribution < -0.4 is 5.32 Å². The third-order valence-electron chi connectivity index (χ3n) is 3.77. The van der Waals surface area contributed by atoms with Gasteiger partial charge >= 0.3 is 0 Å². The van der Waals surface area contributed by atoms with E-state index in [2.05, 4.69) is 17.2 Å². The molecule has 2 N–H and O–H groups in total. The first-order valence-corrected chi connectivity index (χ1v) is 6.57. The lowest BCUT2D eigenvalue weighted by Gasteiger charge is -2.35. The molecule has 0 saturated heterocycles. The van der Waals surface area contributed by atoms with Crippen LogP contribution >= 0.6 is 0 Å². The number of aromatic nitrogens is 2. The summed E-state index contributed by atoms with van der Waals surface area (Å²) in [6.45, 7) is 4.78. The Kier molecular flexibility index (Phi) is 4.18. The smallest absolute Gasteiger partial charge is 0.0946 e. The number of aliphatic hydroxyl groups is 1. The lowest BCUT2D eigenvalue weighted by Crippen LogP contribution is -2.44. The fraction of sp³-hybridized carbons (Fsp3) is 0.769. The van der Waals surface area contributed by atoms with Gasteiger partial charge in [-0.2, -0.15) is 0 Å². The van der Waals surface area contributed by atoms with Crippen LogP contribution in [-0.2, 0) is 6.54 Å². The average Bonchev–Trinajstić information content (AvgIpc) is 2.82. The molecule has 96 valence electrons. The van der Waals surface area contributed by atoms with Crippen LogP contribution in [0.4, 0.5) is 0 Å². The van der Waals surface area contributed by atoms with Crippen molar-refractivity contribution in [3.63, 3.8) is 0 Å². The molecule has 4 nitrogen and oxygen atoms in total. The number of hydrogen-bond donors (Lipinski definition) is 2. The maximum absolute atomic E-state index is 10.4. The van der Waals surface area contributed by atoms with Gasteiger partial charge in [0.1, 0.15) is 0 Å². The summed E-state index contributed by atoms with van der Waals surface area (Å²) in [5.41, 5.74) is -0.471. The maximum atomic E-state index is 10.4. The first kappa shape index (κ1) is 12.6. The van der Waals surface area contributed by atoms with Gasteiger partial charge in [0.2, 0.25) is 0 Å². The predicted molar refractivity (Wildman–Crippen MR) is 67.7 cm³/mol. The molecule has 1 fully saturated rings. The summed E-state index contributed by atoms with van der Waals surface area (Å²) in [6, 6.07) is 0. The summed E-state index contributed by atoms with van der Waals surface area (Å²) in [6.07, 6.45) is 9.74. The van der Waals surface area contributed by atoms with Gasteiger partial charge < -0.3 is 15.0 Å². The van der Waals surface area contributed by atoms with Crippen LogP contribution in [0.25, 0.3) is 0 Å². The number of hydrogen-bond acceptors (Lipinski definition) is 3. The fourth-order valence-electron chi connectivity index (χ4n) is 2.42. The van der Waals surface area contributed by atoms with Gasteiger partial charge in [-0.05, 0) is 31.6 Å². The van der Waals surface area contributed by atoms with Crippen molar-refractivity contribution >= 4 is 0 Å². The van der Waals surface area contributed by atoms with E-state index < -0.39 is 5.60 Å². The van der Waals surface area contributed by atoms with E-state index >= 15 is 0 Å². The van der Waals surface area contributed by atoms with Gasteiger partial charge in [0.15, 0.2) is 0 Å². The minimum atomic E-state index is -0.471. The number of nitrogens with zero attached hydrogens (tertiary/aromatic N) is 2. The highest BCUT2D eigenvalue weighted by Crippen LogP contribution is 2.31. The largest absolute Gasteiger partial charge is 0.389 e. The molecule has 4 heteroatoms. The average molecular weight is 237 g/mol. The van der Waals surface area contributed by atoms with E-state index in [0.29, 0.717) is 6.54 Å². The molecule has 0 amide bonds. The molecule has 1 saturated carbocycles. The van der Waals surface area contributed by atoms with Crippen molar-refractivity contribution in [1.82, 2.24) is 14.9 Å². The predicted octanol–water partition coefficient (Wildman–Crippen LogP) is 1.41. The van der Waals surface area contributed by atoms with Crippen molar-refractivity contribution in [2.24, 2.45) is 5.92 Å². The van der Waals surface area contributed by atoms with Crippen LogP contribution in [0, 0.1) is 5.92 Å². The van der Waals surface area contributed by atoms with E-state index in [9.17, 15) is 5.11 Å². The Morgan fingerprint density at radius 3 is 2.88 bits per heavy atom. The van der Waals surface area contributed by atoms with E-state index in [4.69, 9.17) is 0 Å². The molecule has 1 aliphatic rings. The zero-order valence-corrected chi connectivity index (χ0v) is 10.6. The lowest BCUT2D eigenvalue weighted by atomic mass is 9.79. The summed E-state index contributed by atoms with van der Waals surface area (Å²) >= 11 is 0. The van der Waals surface area contributed by atoms with Crippen molar-refractivity contribution in [3.05, 3.63) is 18.7 Å². The second kappa shape index (κ2) is 5.65. The summed E-state index contributed by atoms with van der Waals surface area (Å²) in [5, 5.41) is 13.7. The van der Waals surface area contributed by atoms with Crippen LogP contribution in [0.1, 0.15) is 32.6 Å². The third-order valence-corrected chi connectivity index (χ3v) is 3.77. The Balaban J connectivity index is 1.64. The Morgan fingerprint density at radius 2 is 2.24 bits per heavy atom. The number of imidazole rings is 1. The highest BCUT2D eigenvalue weighted by Gasteiger charge is 2.30. The first-order chi connectivity index (χ1) is 8.18. The lowest BCUT2D eigenvalue weighted by molar-refractivity contribution is -0.00603. The molecule has 1 aromatic rings. The molecule has 2 rings (SSSR count). The minimum absolute atomic E-state index is 0.471. The molecule has 0 atom stereocenters. The Morgan fingerprint density at radius 1 is 1.47 bits per heavy atom. The van der Waals surface area contributed by atoms with Gasteiger partial charge in [-0.1, -0.05) is 6.92 Å². The van der Waals surface area contributed by atoms with Gasteiger partial charge in [0.25, 0.3) is 0 Å². The van der Waals surface area contributed by atoms with Crippen LogP contribution in [0.3, 0.4) is 0 Å². The molecule has 0 bridgehead atoms. The van der Waals surface area contributed by atoms with E-state index in [1.165, 1.54) is 0 Å². The standard InChI is InChI=1S/C13H23N3O/c1-12-2-4-13(17,5-3-12)10-14-6-8-16-9-7-15-11-16/h7,9,11-12,14,17H,2-6,8,10H2,1H3. The van der Waals surface area contributed by atoms with Crippen LogP contribution in [0.15, 0.2) is 18.7 Å². The molecule has 1 heterocycles. The van der Waals surface area contributed by atoms with E-state index in [1.807, 2.05) is 17.1 Å². The van der Waals surface area contributed by atoms with E-state index in [-0.39, 0.29) is 0 Å². The summed E-state index contributed by atoms with van der Waals surface area (Å²) in [5.74, 6) is 0.779. The molecule has 0 spiro atoms. The van der Waals surface area contributed by atoms with Gasteiger partial charge in [0.05, 0.1) is 11.9 Å². The molecular weight excluding hydrogens is 214 g/mol. The number of nitrogens with one attached hydrogen (secondary N) is 1. The van der Waals surface area contributed by atoms with Crippen LogP contribution in [0.5, 0.6) is 0 Å². The Bertz CT molecular complexity index is 315. The number of rotatable bonds is 5. The summed E-state index contributed by atoms with van der Waals surface area (Å²) in [7, 11) is 0. The second-order valence-corrected chi connectivity index (χ2v) is 5.38.